The molecule has 160 valence electrons. The zero-order chi connectivity index (χ0) is 21.6. The summed E-state index contributed by atoms with van der Waals surface area (Å²) in [7, 11) is 0. The van der Waals surface area contributed by atoms with Gasteiger partial charge in [-0.1, -0.05) is 84.2 Å². The van der Waals surface area contributed by atoms with E-state index in [1.54, 1.807) is 6.92 Å². The molecule has 0 aliphatic carbocycles. The summed E-state index contributed by atoms with van der Waals surface area (Å²) in [4.78, 5) is 22.9. The maximum atomic E-state index is 11.9. The molecule has 0 atom stereocenters. The first-order valence-electron chi connectivity index (χ1n) is 11.0. The average Bonchev–Trinajstić information content (AvgIpc) is 2.74. The van der Waals surface area contributed by atoms with Crippen molar-refractivity contribution in [3.63, 3.8) is 0 Å². The molecular weight excluding hydrogens is 348 g/mol. The van der Waals surface area contributed by atoms with Gasteiger partial charge in [-0.05, 0) is 38.2 Å². The zero-order valence-corrected chi connectivity index (χ0v) is 19.0. The van der Waals surface area contributed by atoms with Crippen molar-refractivity contribution < 1.29 is 9.59 Å². The molecular formula is C24H42N2O2. The number of carbonyl (C=O) groups excluding carboxylic acids is 2. The van der Waals surface area contributed by atoms with Crippen LogP contribution in [0.1, 0.15) is 105 Å². The van der Waals surface area contributed by atoms with Crippen LogP contribution in [0.5, 0.6) is 0 Å². The highest BCUT2D eigenvalue weighted by atomic mass is 16.2. The second kappa shape index (κ2) is 21.3. The van der Waals surface area contributed by atoms with E-state index in [9.17, 15) is 9.59 Å². The van der Waals surface area contributed by atoms with Crippen molar-refractivity contribution in [2.75, 3.05) is 0 Å². The Morgan fingerprint density at radius 1 is 0.821 bits per heavy atom. The Kier molecular flexibility index (Phi) is 21.5. The van der Waals surface area contributed by atoms with Gasteiger partial charge in [0.25, 0.3) is 0 Å². The fourth-order valence-electron chi connectivity index (χ4n) is 2.46. The number of carbonyl (C=O) groups is 2. The van der Waals surface area contributed by atoms with E-state index < -0.39 is 0 Å². The lowest BCUT2D eigenvalue weighted by Crippen LogP contribution is -2.19. The van der Waals surface area contributed by atoms with E-state index >= 15 is 0 Å². The van der Waals surface area contributed by atoms with Crippen LogP contribution in [-0.2, 0) is 9.59 Å². The molecule has 0 saturated carbocycles. The molecule has 1 N–H and O–H groups in total. The fraction of sp³-hybridized carbons (Fsp3) is 0.625. The molecule has 0 unspecified atom stereocenters. The summed E-state index contributed by atoms with van der Waals surface area (Å²) in [5.41, 5.74) is 4.59. The third kappa shape index (κ3) is 16.2. The zero-order valence-electron chi connectivity index (χ0n) is 19.0. The van der Waals surface area contributed by atoms with Crippen molar-refractivity contribution in [2.45, 2.75) is 99.3 Å². The first-order valence-corrected chi connectivity index (χ1v) is 11.0. The van der Waals surface area contributed by atoms with Crippen LogP contribution < -0.4 is 5.43 Å². The van der Waals surface area contributed by atoms with E-state index in [-0.39, 0.29) is 11.7 Å². The molecule has 0 fully saturated rings. The van der Waals surface area contributed by atoms with Crippen LogP contribution in [0, 0.1) is 0 Å². The number of hydrogen-bond donors (Lipinski definition) is 1. The summed E-state index contributed by atoms with van der Waals surface area (Å²) >= 11 is 0. The predicted molar refractivity (Wildman–Crippen MR) is 122 cm³/mol. The Balaban J connectivity index is 0. The van der Waals surface area contributed by atoms with Crippen LogP contribution in [0.15, 0.2) is 35.4 Å². The Morgan fingerprint density at radius 2 is 1.39 bits per heavy atom. The van der Waals surface area contributed by atoms with Crippen LogP contribution in [-0.4, -0.2) is 17.4 Å². The van der Waals surface area contributed by atoms with Crippen LogP contribution in [0.25, 0.3) is 0 Å². The number of unbranched alkanes of at least 4 members (excludes halogenated alkanes) is 4. The predicted octanol–water partition coefficient (Wildman–Crippen LogP) is 6.68. The number of amides is 1. The van der Waals surface area contributed by atoms with Gasteiger partial charge >= 0.3 is 0 Å². The topological polar surface area (TPSA) is 58.5 Å². The Hall–Kier alpha value is -1.97. The molecule has 1 aromatic rings. The number of ketones is 1. The van der Waals surface area contributed by atoms with Gasteiger partial charge in [0, 0.05) is 12.8 Å². The van der Waals surface area contributed by atoms with Gasteiger partial charge in [0.15, 0.2) is 0 Å². The van der Waals surface area contributed by atoms with Gasteiger partial charge in [0.1, 0.15) is 5.78 Å². The van der Waals surface area contributed by atoms with Crippen molar-refractivity contribution in [1.29, 1.82) is 0 Å². The van der Waals surface area contributed by atoms with Gasteiger partial charge in [-0.25, -0.2) is 5.43 Å². The summed E-state index contributed by atoms with van der Waals surface area (Å²) in [5.74, 6) is 0.192. The van der Waals surface area contributed by atoms with Crippen molar-refractivity contribution in [1.82, 2.24) is 5.43 Å². The van der Waals surface area contributed by atoms with Crippen molar-refractivity contribution in [2.24, 2.45) is 5.10 Å². The van der Waals surface area contributed by atoms with Crippen molar-refractivity contribution in [3.8, 4) is 0 Å². The summed E-state index contributed by atoms with van der Waals surface area (Å²) in [6.07, 6.45) is 7.96. The van der Waals surface area contributed by atoms with Crippen LogP contribution in [0.4, 0.5) is 0 Å². The molecule has 4 nitrogen and oxygen atoms in total. The van der Waals surface area contributed by atoms with Gasteiger partial charge in [-0.2, -0.15) is 5.10 Å². The molecule has 0 bridgehead atoms. The number of Topliss-reactive ketones (excluding diaryl/α,β-unsaturated/α-hetero) is 1. The lowest BCUT2D eigenvalue weighted by atomic mass is 10.0. The van der Waals surface area contributed by atoms with E-state index in [1.165, 1.54) is 6.42 Å². The smallest absolute Gasteiger partial charge is 0.240 e. The SMILES string of the molecule is CC.CC.CCCCCCC(=O)N/N=C(/CCCCC(C)=O)c1ccccc1. The highest BCUT2D eigenvalue weighted by Crippen LogP contribution is 2.10. The van der Waals surface area contributed by atoms with E-state index in [2.05, 4.69) is 17.5 Å². The van der Waals surface area contributed by atoms with E-state index in [1.807, 2.05) is 58.0 Å². The molecule has 1 aromatic carbocycles. The minimum absolute atomic E-state index is 0.0247. The summed E-state index contributed by atoms with van der Waals surface area (Å²) < 4.78 is 0. The molecule has 28 heavy (non-hydrogen) atoms. The van der Waals surface area contributed by atoms with Gasteiger partial charge in [-0.15, -0.1) is 0 Å². The van der Waals surface area contributed by atoms with Crippen molar-refractivity contribution >= 4 is 17.4 Å². The third-order valence-corrected chi connectivity index (χ3v) is 3.87. The van der Waals surface area contributed by atoms with Gasteiger partial charge in [0.2, 0.25) is 5.91 Å². The lowest BCUT2D eigenvalue weighted by molar-refractivity contribution is -0.121. The van der Waals surface area contributed by atoms with E-state index in [4.69, 9.17) is 0 Å². The summed E-state index contributed by atoms with van der Waals surface area (Å²) in [5, 5.41) is 4.34. The first kappa shape index (κ1) is 28.2. The van der Waals surface area contributed by atoms with E-state index in [0.717, 1.165) is 49.8 Å². The quantitative estimate of drug-likeness (QED) is 0.246. The monoisotopic (exact) mass is 390 g/mol. The van der Waals surface area contributed by atoms with Crippen LogP contribution in [0.2, 0.25) is 0 Å². The number of hydrogen-bond acceptors (Lipinski definition) is 3. The second-order valence-corrected chi connectivity index (χ2v) is 6.18. The fourth-order valence-corrected chi connectivity index (χ4v) is 2.46. The maximum Gasteiger partial charge on any atom is 0.240 e. The summed E-state index contributed by atoms with van der Waals surface area (Å²) in [6.45, 7) is 11.8. The molecule has 0 saturated heterocycles. The standard InChI is InChI=1S/C20H30N2O2.2C2H6/c1-3-4-5-9-16-20(24)22-21-19(15-11-10-12-17(2)23)18-13-7-6-8-14-18;2*1-2/h6-8,13-14H,3-5,9-12,15-16H2,1-2H3,(H,22,24);2*1-2H3/b21-19-;;. The van der Waals surface area contributed by atoms with E-state index in [0.29, 0.717) is 12.8 Å². The maximum absolute atomic E-state index is 11.9. The number of rotatable bonds is 12. The largest absolute Gasteiger partial charge is 0.300 e. The molecule has 0 spiro atoms. The van der Waals surface area contributed by atoms with Gasteiger partial charge < -0.3 is 4.79 Å². The Bertz CT molecular complexity index is 525. The minimum atomic E-state index is -0.0247. The molecule has 0 heterocycles. The normalized spacial score (nSPS) is 10.1. The number of nitrogens with zero attached hydrogens (tertiary/aromatic N) is 1. The van der Waals surface area contributed by atoms with Crippen molar-refractivity contribution in [3.05, 3.63) is 35.9 Å². The third-order valence-electron chi connectivity index (χ3n) is 3.87. The lowest BCUT2D eigenvalue weighted by Gasteiger charge is -2.08. The molecule has 0 aromatic heterocycles. The first-order chi connectivity index (χ1) is 13.6. The Morgan fingerprint density at radius 3 is 1.96 bits per heavy atom. The second-order valence-electron chi connectivity index (χ2n) is 6.18. The summed E-state index contributed by atoms with van der Waals surface area (Å²) in [6, 6.07) is 9.89. The Labute approximate surface area is 173 Å². The van der Waals surface area contributed by atoms with Crippen LogP contribution in [0.3, 0.4) is 0 Å². The molecule has 1 amide bonds. The molecule has 0 radical (unpaired) electrons. The molecule has 4 heteroatoms. The molecule has 1 rings (SSSR count). The number of nitrogens with one attached hydrogen (secondary N) is 1. The van der Waals surface area contributed by atoms with Gasteiger partial charge in [0.05, 0.1) is 5.71 Å². The number of benzene rings is 1. The molecule has 0 aliphatic heterocycles. The number of hydrazone groups is 1. The highest BCUT2D eigenvalue weighted by Gasteiger charge is 2.06. The van der Waals surface area contributed by atoms with Gasteiger partial charge in [-0.3, -0.25) is 4.79 Å². The average molecular weight is 391 g/mol. The van der Waals surface area contributed by atoms with Crippen LogP contribution >= 0.6 is 0 Å². The molecule has 0 aliphatic rings. The highest BCUT2D eigenvalue weighted by molar-refractivity contribution is 6.01. The minimum Gasteiger partial charge on any atom is -0.300 e.